The van der Waals surface area contributed by atoms with Gasteiger partial charge in [0, 0.05) is 10.8 Å². The first kappa shape index (κ1) is 26.9. The fraction of sp³-hybridized carbons (Fsp3) is 0.318. The Bertz CT molecular complexity index is 1410. The van der Waals surface area contributed by atoms with E-state index in [2.05, 4.69) is 5.32 Å². The number of nitrogens with zero attached hydrogens (tertiary/aromatic N) is 2. The first-order chi connectivity index (χ1) is 17.2. The van der Waals surface area contributed by atoms with Gasteiger partial charge in [-0.1, -0.05) is 36.0 Å². The highest BCUT2D eigenvalue weighted by Gasteiger charge is 2.73. The number of β-lactam (4-membered cyclic amide) rings is 1. The first-order valence-electron chi connectivity index (χ1n) is 10.8. The molecule has 0 radical (unpaired) electrons. The van der Waals surface area contributed by atoms with Crippen LogP contribution >= 0.6 is 23.5 Å². The number of nitrogens with two attached hydrogens (primary N) is 1. The van der Waals surface area contributed by atoms with Gasteiger partial charge in [0.1, 0.15) is 11.4 Å². The number of nitro benzene ring substituents is 1. The van der Waals surface area contributed by atoms with Crippen molar-refractivity contribution >= 4 is 57.0 Å². The quantitative estimate of drug-likeness (QED) is 0.183. The number of nitro groups is 1. The number of carboxylic acid groups (broad SMARTS) is 1. The van der Waals surface area contributed by atoms with Crippen molar-refractivity contribution in [2.24, 2.45) is 5.14 Å². The Kier molecular flexibility index (Phi) is 6.77. The Morgan fingerprint density at radius 2 is 1.84 bits per heavy atom. The summed E-state index contributed by atoms with van der Waals surface area (Å²) in [5.41, 5.74) is 0.171. The number of rotatable bonds is 8. The summed E-state index contributed by atoms with van der Waals surface area (Å²) in [6, 6.07) is 9.92. The third kappa shape index (κ3) is 4.79. The number of carbonyl (C=O) groups excluding carboxylic acids is 2. The Hall–Kier alpha value is -3.14. The van der Waals surface area contributed by atoms with Gasteiger partial charge in [0.25, 0.3) is 11.6 Å². The van der Waals surface area contributed by atoms with Crippen LogP contribution in [0.5, 0.6) is 0 Å². The van der Waals surface area contributed by atoms with Crippen LogP contribution in [0.25, 0.3) is 0 Å². The van der Waals surface area contributed by atoms with E-state index in [9.17, 15) is 38.0 Å². The highest BCUT2D eigenvalue weighted by atomic mass is 32.2. The molecular weight excluding hydrogens is 544 g/mol. The van der Waals surface area contributed by atoms with Crippen molar-refractivity contribution in [2.45, 2.75) is 51.1 Å². The Balaban J connectivity index is 1.68. The lowest BCUT2D eigenvalue weighted by Gasteiger charge is -2.52. The number of nitrogens with one attached hydrogen (secondary N) is 1. The van der Waals surface area contributed by atoms with E-state index in [0.29, 0.717) is 5.56 Å². The van der Waals surface area contributed by atoms with Gasteiger partial charge in [-0.15, -0.1) is 11.8 Å². The second kappa shape index (κ2) is 9.31. The van der Waals surface area contributed by atoms with Crippen molar-refractivity contribution in [3.8, 4) is 0 Å². The number of sulfonamides is 1. The monoisotopic (exact) mass is 566 g/mol. The molecule has 2 aromatic rings. The van der Waals surface area contributed by atoms with Crippen molar-refractivity contribution in [1.29, 1.82) is 0 Å². The normalized spacial score (nSPS) is 24.2. The highest BCUT2D eigenvalue weighted by Crippen LogP contribution is 2.60. The summed E-state index contributed by atoms with van der Waals surface area (Å²) in [4.78, 5) is 49.2. The van der Waals surface area contributed by atoms with Crippen LogP contribution in [0.3, 0.4) is 0 Å². The van der Waals surface area contributed by atoms with E-state index < -0.39 is 53.8 Å². The second-order valence-corrected chi connectivity index (χ2v) is 13.6. The molecule has 2 saturated heterocycles. The maximum absolute atomic E-state index is 13.6. The molecule has 1 unspecified atom stereocenters. The van der Waals surface area contributed by atoms with E-state index >= 15 is 0 Å². The minimum Gasteiger partial charge on any atom is -0.480 e. The smallest absolute Gasteiger partial charge is 0.327 e. The summed E-state index contributed by atoms with van der Waals surface area (Å²) >= 11 is 1.99. The van der Waals surface area contributed by atoms with E-state index in [4.69, 9.17) is 5.14 Å². The van der Waals surface area contributed by atoms with Gasteiger partial charge in [-0.25, -0.2) is 18.4 Å². The Morgan fingerprint density at radius 1 is 1.22 bits per heavy atom. The highest BCUT2D eigenvalue weighted by molar-refractivity contribution is 8.06. The van der Waals surface area contributed by atoms with E-state index in [1.165, 1.54) is 59.1 Å². The van der Waals surface area contributed by atoms with Gasteiger partial charge in [0.2, 0.25) is 20.8 Å². The van der Waals surface area contributed by atoms with Gasteiger partial charge in [0.15, 0.2) is 0 Å². The zero-order chi connectivity index (χ0) is 27.3. The molecule has 15 heteroatoms. The van der Waals surface area contributed by atoms with Crippen molar-refractivity contribution in [3.63, 3.8) is 0 Å². The molecule has 2 amide bonds. The van der Waals surface area contributed by atoms with Gasteiger partial charge >= 0.3 is 5.97 Å². The molecule has 12 nitrogen and oxygen atoms in total. The van der Waals surface area contributed by atoms with Gasteiger partial charge in [-0.3, -0.25) is 19.7 Å². The standard InChI is InChI=1S/C22H22N4O8S3/c1-21(2)17(18(28)29)25-19(30)22(20(25)36-21,35-15-6-4-3-5-14(15)26(31)32)24-16(27)11-12-7-9-13(10-8-12)37(23,33)34/h3-10,17,20H,11H2,1-2H3,(H,24,27)(H,28,29)(H2,23,33,34)/t17-,20+,22?/m0/s1. The van der Waals surface area contributed by atoms with Crippen LogP contribution < -0.4 is 10.5 Å². The third-order valence-corrected chi connectivity index (χ3v) is 10.1. The molecule has 4 rings (SSSR count). The van der Waals surface area contributed by atoms with Gasteiger partial charge in [0.05, 0.1) is 21.1 Å². The van der Waals surface area contributed by atoms with Crippen LogP contribution in [-0.2, 0) is 30.8 Å². The average Bonchev–Trinajstić information content (AvgIpc) is 3.07. The topological polar surface area (TPSA) is 190 Å². The number of aliphatic carboxylic acids is 1. The van der Waals surface area contributed by atoms with E-state index in [1.807, 2.05) is 0 Å². The molecule has 4 N–H and O–H groups in total. The molecule has 2 aromatic carbocycles. The first-order valence-corrected chi connectivity index (χ1v) is 14.0. The third-order valence-electron chi connectivity index (χ3n) is 6.01. The van der Waals surface area contributed by atoms with Gasteiger partial charge < -0.3 is 15.3 Å². The average molecular weight is 567 g/mol. The van der Waals surface area contributed by atoms with Crippen molar-refractivity contribution in [3.05, 3.63) is 64.2 Å². The molecule has 2 aliphatic heterocycles. The van der Waals surface area contributed by atoms with E-state index in [1.54, 1.807) is 19.9 Å². The maximum atomic E-state index is 13.6. The summed E-state index contributed by atoms with van der Waals surface area (Å²) in [5.74, 6) is -2.48. The summed E-state index contributed by atoms with van der Waals surface area (Å²) in [6.45, 7) is 3.36. The number of para-hydroxylation sites is 1. The van der Waals surface area contributed by atoms with E-state index in [0.717, 1.165) is 11.8 Å². The van der Waals surface area contributed by atoms with Crippen molar-refractivity contribution < 1.29 is 32.8 Å². The number of fused-ring (bicyclic) bond motifs is 1. The molecule has 2 aliphatic rings. The fourth-order valence-electron chi connectivity index (χ4n) is 4.37. The zero-order valence-electron chi connectivity index (χ0n) is 19.5. The number of primary sulfonamides is 1. The molecule has 0 aliphatic carbocycles. The molecule has 0 saturated carbocycles. The molecule has 2 heterocycles. The summed E-state index contributed by atoms with van der Waals surface area (Å²) in [7, 11) is -3.92. The van der Waals surface area contributed by atoms with Crippen LogP contribution in [0.15, 0.2) is 58.3 Å². The number of hydrogen-bond donors (Lipinski definition) is 3. The molecular formula is C22H22N4O8S3. The zero-order valence-corrected chi connectivity index (χ0v) is 21.9. The molecule has 0 aromatic heterocycles. The number of thioether (sulfide) groups is 2. The second-order valence-electron chi connectivity index (χ2n) is 9.00. The largest absolute Gasteiger partial charge is 0.480 e. The van der Waals surface area contributed by atoms with Gasteiger partial charge in [-0.2, -0.15) is 0 Å². The lowest BCUT2D eigenvalue weighted by atomic mass is 9.95. The van der Waals surface area contributed by atoms with Crippen LogP contribution in [0.2, 0.25) is 0 Å². The van der Waals surface area contributed by atoms with Gasteiger partial charge in [-0.05, 0) is 37.6 Å². The molecule has 196 valence electrons. The van der Waals surface area contributed by atoms with Crippen molar-refractivity contribution in [2.75, 3.05) is 0 Å². The summed E-state index contributed by atoms with van der Waals surface area (Å²) in [5, 5.41) is 28.4. The minimum atomic E-state index is -3.92. The lowest BCUT2D eigenvalue weighted by Crippen LogP contribution is -2.78. The Morgan fingerprint density at radius 3 is 2.41 bits per heavy atom. The van der Waals surface area contributed by atoms with Crippen LogP contribution in [0.1, 0.15) is 19.4 Å². The SMILES string of the molecule is CC1(C)S[C@H]2N(C(=O)C2(NC(=O)Cc2ccc(S(N)(=O)=O)cc2)Sc2ccccc2[N+](=O)[O-])[C@H]1C(=O)O. The predicted octanol–water partition coefficient (Wildman–Crippen LogP) is 1.54. The number of carboxylic acids is 1. The van der Waals surface area contributed by atoms with E-state index in [-0.39, 0.29) is 21.9 Å². The molecule has 0 spiro atoms. The summed E-state index contributed by atoms with van der Waals surface area (Å²) < 4.78 is 22.1. The number of carbonyl (C=O) groups is 3. The van der Waals surface area contributed by atoms with Crippen LogP contribution in [-0.4, -0.2) is 62.2 Å². The summed E-state index contributed by atoms with van der Waals surface area (Å²) in [6.07, 6.45) is -0.236. The number of benzene rings is 2. The Labute approximate surface area is 220 Å². The predicted molar refractivity (Wildman–Crippen MR) is 135 cm³/mol. The molecule has 2 fully saturated rings. The minimum absolute atomic E-state index is 0.130. The number of amides is 2. The molecule has 37 heavy (non-hydrogen) atoms. The van der Waals surface area contributed by atoms with Crippen molar-refractivity contribution in [1.82, 2.24) is 10.2 Å². The fourth-order valence-corrected chi connectivity index (χ4v) is 8.06. The molecule has 0 bridgehead atoms. The van der Waals surface area contributed by atoms with Crippen LogP contribution in [0, 0.1) is 10.1 Å². The molecule has 3 atom stereocenters. The maximum Gasteiger partial charge on any atom is 0.327 e. The van der Waals surface area contributed by atoms with Crippen LogP contribution in [0.4, 0.5) is 5.69 Å². The number of hydrogen-bond acceptors (Lipinski definition) is 9. The lowest BCUT2D eigenvalue weighted by molar-refractivity contribution is -0.387.